The number of methoxy groups -OCH3 is 1. The van der Waals surface area contributed by atoms with Crippen molar-refractivity contribution in [1.29, 1.82) is 0 Å². The predicted octanol–water partition coefficient (Wildman–Crippen LogP) is 2.50. The molecule has 0 aliphatic carbocycles. The smallest absolute Gasteiger partial charge is 0.466 e. The Hall–Kier alpha value is -0.953. The van der Waals surface area contributed by atoms with Crippen LogP contribution >= 0.6 is 0 Å². The zero-order valence-corrected chi connectivity index (χ0v) is 13.7. The molecule has 0 radical (unpaired) electrons. The summed E-state index contributed by atoms with van der Waals surface area (Å²) < 4.78 is 20.6. The molecule has 0 bridgehead atoms. The fraction of sp³-hybridized carbons (Fsp3) is 0.615. The highest BCUT2D eigenvalue weighted by molar-refractivity contribution is 6.66. The molecule has 0 aromatic heterocycles. The van der Waals surface area contributed by atoms with Crippen molar-refractivity contribution >= 4 is 14.8 Å². The average molecular weight is 290 g/mol. The van der Waals surface area contributed by atoms with E-state index < -0.39 is 8.80 Å². The Morgan fingerprint density at radius 1 is 1.11 bits per heavy atom. The topological polar surface area (TPSA) is 54.0 Å². The highest BCUT2D eigenvalue weighted by Crippen LogP contribution is 2.10. The molecule has 0 atom stereocenters. The van der Waals surface area contributed by atoms with E-state index in [1.807, 2.05) is 20.8 Å². The molecule has 0 saturated carbocycles. The third-order valence-electron chi connectivity index (χ3n) is 1.82. The molecule has 0 heterocycles. The standard InChI is InChI=1S/C8H18O3Si.C5H8O2/c1-5-9-12(8-4,10-6-2)11-7-3;1-4(2)5(6)7-3/h8H,4-7H2,1-3H3;1H2,2-3H3. The second-order valence-corrected chi connectivity index (χ2v) is 5.86. The van der Waals surface area contributed by atoms with Gasteiger partial charge in [-0.2, -0.15) is 0 Å². The number of carbonyl (C=O) groups excluding carboxylic acids is 1. The van der Waals surface area contributed by atoms with Gasteiger partial charge in [-0.1, -0.05) is 13.2 Å². The van der Waals surface area contributed by atoms with Crippen molar-refractivity contribution in [3.05, 3.63) is 24.4 Å². The van der Waals surface area contributed by atoms with Crippen molar-refractivity contribution < 1.29 is 22.8 Å². The van der Waals surface area contributed by atoms with E-state index in [2.05, 4.69) is 17.9 Å². The van der Waals surface area contributed by atoms with Crippen molar-refractivity contribution in [2.45, 2.75) is 27.7 Å². The molecule has 0 aliphatic heterocycles. The summed E-state index contributed by atoms with van der Waals surface area (Å²) in [6, 6.07) is 0. The van der Waals surface area contributed by atoms with E-state index in [1.54, 1.807) is 12.6 Å². The maximum absolute atomic E-state index is 10.2. The van der Waals surface area contributed by atoms with E-state index in [1.165, 1.54) is 7.11 Å². The van der Waals surface area contributed by atoms with Crippen LogP contribution in [0.4, 0.5) is 0 Å². The SMILES string of the molecule is C=C(C)C(=O)OC.C=C[Si](OCC)(OCC)OCC. The van der Waals surface area contributed by atoms with Crippen LogP contribution in [0.2, 0.25) is 0 Å². The van der Waals surface area contributed by atoms with Crippen LogP contribution in [0, 0.1) is 0 Å². The summed E-state index contributed by atoms with van der Waals surface area (Å²) in [4.78, 5) is 10.2. The molecular formula is C13H26O5Si. The zero-order valence-electron chi connectivity index (χ0n) is 12.7. The normalized spacial score (nSPS) is 10.2. The largest absolute Gasteiger partial charge is 0.528 e. The van der Waals surface area contributed by atoms with Gasteiger partial charge in [0.25, 0.3) is 0 Å². The van der Waals surface area contributed by atoms with Crippen LogP contribution in [-0.2, 0) is 22.8 Å². The van der Waals surface area contributed by atoms with Crippen LogP contribution < -0.4 is 0 Å². The molecule has 0 aromatic rings. The zero-order chi connectivity index (χ0) is 15.3. The van der Waals surface area contributed by atoms with Gasteiger partial charge in [0, 0.05) is 25.4 Å². The summed E-state index contributed by atoms with van der Waals surface area (Å²) in [6.45, 7) is 16.2. The van der Waals surface area contributed by atoms with E-state index >= 15 is 0 Å². The van der Waals surface area contributed by atoms with Crippen molar-refractivity contribution in [3.63, 3.8) is 0 Å². The molecule has 0 unspecified atom stereocenters. The van der Waals surface area contributed by atoms with E-state index in [0.717, 1.165) is 0 Å². The average Bonchev–Trinajstić information content (AvgIpc) is 2.39. The monoisotopic (exact) mass is 290 g/mol. The van der Waals surface area contributed by atoms with Gasteiger partial charge < -0.3 is 18.0 Å². The molecule has 0 rings (SSSR count). The van der Waals surface area contributed by atoms with Gasteiger partial charge in [0.05, 0.1) is 7.11 Å². The minimum absolute atomic E-state index is 0.347. The summed E-state index contributed by atoms with van der Waals surface area (Å²) in [5.41, 5.74) is 2.10. The van der Waals surface area contributed by atoms with Gasteiger partial charge in [-0.15, -0.1) is 0 Å². The Bertz CT molecular complexity index is 261. The number of ether oxygens (including phenoxy) is 1. The Kier molecular flexibility index (Phi) is 13.0. The van der Waals surface area contributed by atoms with E-state index in [9.17, 15) is 4.79 Å². The Morgan fingerprint density at radius 3 is 1.58 bits per heavy atom. The number of hydrogen-bond donors (Lipinski definition) is 0. The molecule has 112 valence electrons. The lowest BCUT2D eigenvalue weighted by molar-refractivity contribution is -0.136. The second kappa shape index (κ2) is 12.1. The van der Waals surface area contributed by atoms with Crippen LogP contribution in [0.25, 0.3) is 0 Å². The molecule has 0 aliphatic rings. The molecular weight excluding hydrogens is 264 g/mol. The van der Waals surface area contributed by atoms with Crippen LogP contribution in [0.3, 0.4) is 0 Å². The number of rotatable bonds is 8. The molecule has 0 N–H and O–H groups in total. The minimum Gasteiger partial charge on any atom is -0.466 e. The van der Waals surface area contributed by atoms with Crippen molar-refractivity contribution in [2.24, 2.45) is 0 Å². The molecule has 19 heavy (non-hydrogen) atoms. The first-order valence-corrected chi connectivity index (χ1v) is 8.02. The van der Waals surface area contributed by atoms with Gasteiger partial charge in [0.2, 0.25) is 0 Å². The molecule has 5 nitrogen and oxygen atoms in total. The van der Waals surface area contributed by atoms with Gasteiger partial charge in [-0.3, -0.25) is 0 Å². The van der Waals surface area contributed by atoms with Crippen molar-refractivity contribution in [3.8, 4) is 0 Å². The minimum atomic E-state index is -2.51. The van der Waals surface area contributed by atoms with Crippen LogP contribution in [0.15, 0.2) is 24.4 Å². The van der Waals surface area contributed by atoms with Crippen molar-refractivity contribution in [1.82, 2.24) is 0 Å². The van der Waals surface area contributed by atoms with Gasteiger partial charge in [-0.25, -0.2) is 4.79 Å². The first kappa shape index (κ1) is 20.4. The van der Waals surface area contributed by atoms with Crippen LogP contribution in [0.1, 0.15) is 27.7 Å². The lowest BCUT2D eigenvalue weighted by Gasteiger charge is -2.24. The third-order valence-corrected chi connectivity index (χ3v) is 4.39. The van der Waals surface area contributed by atoms with Crippen LogP contribution in [-0.4, -0.2) is 41.7 Å². The first-order chi connectivity index (χ1) is 8.92. The summed E-state index contributed by atoms with van der Waals surface area (Å²) in [5.74, 6) is -0.347. The number of hydrogen-bond acceptors (Lipinski definition) is 5. The molecule has 0 saturated heterocycles. The summed E-state index contributed by atoms with van der Waals surface area (Å²) >= 11 is 0. The number of carbonyl (C=O) groups is 1. The van der Waals surface area contributed by atoms with Gasteiger partial charge >= 0.3 is 14.8 Å². The molecule has 0 amide bonds. The first-order valence-electron chi connectivity index (χ1n) is 6.22. The Morgan fingerprint density at radius 2 is 1.47 bits per heavy atom. The summed E-state index contributed by atoms with van der Waals surface area (Å²) in [6.07, 6.45) is 0. The van der Waals surface area contributed by atoms with Crippen LogP contribution in [0.5, 0.6) is 0 Å². The highest BCUT2D eigenvalue weighted by Gasteiger charge is 2.36. The Balaban J connectivity index is 0. The van der Waals surface area contributed by atoms with Gasteiger partial charge in [0.1, 0.15) is 0 Å². The maximum atomic E-state index is 10.2. The second-order valence-electron chi connectivity index (χ2n) is 3.38. The molecule has 0 spiro atoms. The molecule has 6 heteroatoms. The third kappa shape index (κ3) is 9.60. The molecule has 0 aromatic carbocycles. The van der Waals surface area contributed by atoms with Crippen molar-refractivity contribution in [2.75, 3.05) is 26.9 Å². The Labute approximate surface area is 117 Å². The fourth-order valence-corrected chi connectivity index (χ4v) is 2.89. The quantitative estimate of drug-likeness (QED) is 0.390. The summed E-state index contributed by atoms with van der Waals surface area (Å²) in [7, 11) is -1.18. The predicted molar refractivity (Wildman–Crippen MR) is 77.7 cm³/mol. The lowest BCUT2D eigenvalue weighted by Crippen LogP contribution is -2.44. The van der Waals surface area contributed by atoms with E-state index in [0.29, 0.717) is 25.4 Å². The van der Waals surface area contributed by atoms with Gasteiger partial charge in [-0.05, 0) is 33.4 Å². The fourth-order valence-electron chi connectivity index (χ4n) is 1.08. The molecule has 0 fully saturated rings. The maximum Gasteiger partial charge on any atom is 0.528 e. The van der Waals surface area contributed by atoms with Gasteiger partial charge in [0.15, 0.2) is 0 Å². The summed E-state index contributed by atoms with van der Waals surface area (Å²) in [5, 5.41) is 0. The van der Waals surface area contributed by atoms with E-state index in [4.69, 9.17) is 13.3 Å². The lowest BCUT2D eigenvalue weighted by atomic mass is 10.4. The number of esters is 1. The highest BCUT2D eigenvalue weighted by atomic mass is 28.4. The van der Waals surface area contributed by atoms with E-state index in [-0.39, 0.29) is 5.97 Å².